The number of hydrogen-bond acceptors (Lipinski definition) is 4. The van der Waals surface area contributed by atoms with Crippen LogP contribution in [0.5, 0.6) is 11.5 Å². The Hall–Kier alpha value is -2.07. The van der Waals surface area contributed by atoms with Crippen molar-refractivity contribution in [2.75, 3.05) is 6.79 Å². The number of pyridine rings is 1. The largest absolute Gasteiger partial charge is 0.454 e. The molecule has 0 bridgehead atoms. The van der Waals surface area contributed by atoms with Crippen LogP contribution in [0.2, 0.25) is 0 Å². The first kappa shape index (κ1) is 12.0. The van der Waals surface area contributed by atoms with E-state index in [1.807, 2.05) is 36.7 Å². The number of nitrogens with one attached hydrogen (secondary N) is 1. The molecule has 1 N–H and O–H groups in total. The quantitative estimate of drug-likeness (QED) is 0.913. The molecule has 2 heterocycles. The number of rotatable bonds is 4. The molecule has 0 saturated heterocycles. The highest BCUT2D eigenvalue weighted by atomic mass is 16.7. The Balaban J connectivity index is 1.63. The van der Waals surface area contributed by atoms with E-state index in [-0.39, 0.29) is 6.04 Å². The fraction of sp³-hybridized carbons (Fsp3) is 0.267. The maximum atomic E-state index is 5.37. The lowest BCUT2D eigenvalue weighted by Gasteiger charge is -2.14. The van der Waals surface area contributed by atoms with Gasteiger partial charge in [0.15, 0.2) is 11.5 Å². The number of aromatic nitrogens is 1. The molecule has 3 rings (SSSR count). The molecule has 19 heavy (non-hydrogen) atoms. The third-order valence-electron chi connectivity index (χ3n) is 3.26. The van der Waals surface area contributed by atoms with Crippen LogP contribution in [0.25, 0.3) is 0 Å². The van der Waals surface area contributed by atoms with Crippen LogP contribution in [0.15, 0.2) is 42.7 Å². The van der Waals surface area contributed by atoms with Crippen molar-refractivity contribution in [1.29, 1.82) is 0 Å². The molecule has 0 amide bonds. The fourth-order valence-corrected chi connectivity index (χ4v) is 2.09. The molecular weight excluding hydrogens is 240 g/mol. The van der Waals surface area contributed by atoms with E-state index in [9.17, 15) is 0 Å². The van der Waals surface area contributed by atoms with Crippen LogP contribution >= 0.6 is 0 Å². The Morgan fingerprint density at radius 2 is 1.95 bits per heavy atom. The lowest BCUT2D eigenvalue weighted by Crippen LogP contribution is -2.18. The van der Waals surface area contributed by atoms with Crippen LogP contribution in [0, 0.1) is 0 Å². The van der Waals surface area contributed by atoms with Crippen LogP contribution in [0.1, 0.15) is 24.1 Å². The Morgan fingerprint density at radius 3 is 2.79 bits per heavy atom. The van der Waals surface area contributed by atoms with E-state index >= 15 is 0 Å². The summed E-state index contributed by atoms with van der Waals surface area (Å²) >= 11 is 0. The molecule has 4 heteroatoms. The molecule has 98 valence electrons. The van der Waals surface area contributed by atoms with Crippen molar-refractivity contribution in [3.8, 4) is 11.5 Å². The second kappa shape index (κ2) is 5.28. The maximum absolute atomic E-state index is 5.37. The Kier molecular flexibility index (Phi) is 3.33. The number of nitrogens with zero attached hydrogens (tertiary/aromatic N) is 1. The van der Waals surface area contributed by atoms with Crippen LogP contribution < -0.4 is 14.8 Å². The normalized spacial score (nSPS) is 14.4. The molecule has 1 aromatic carbocycles. The summed E-state index contributed by atoms with van der Waals surface area (Å²) in [6, 6.07) is 10.4. The minimum Gasteiger partial charge on any atom is -0.454 e. The SMILES string of the molecule is CC(NCc1ccc2c(c1)OCO2)c1ccncc1. The van der Waals surface area contributed by atoms with Gasteiger partial charge < -0.3 is 14.8 Å². The van der Waals surface area contributed by atoms with E-state index in [4.69, 9.17) is 9.47 Å². The lowest BCUT2D eigenvalue weighted by atomic mass is 10.1. The van der Waals surface area contributed by atoms with Crippen molar-refractivity contribution >= 4 is 0 Å². The molecule has 0 spiro atoms. The first-order chi connectivity index (χ1) is 9.33. The molecule has 1 unspecified atom stereocenters. The molecule has 0 fully saturated rings. The highest BCUT2D eigenvalue weighted by Crippen LogP contribution is 2.32. The molecule has 1 aliphatic rings. The minimum atomic E-state index is 0.286. The van der Waals surface area contributed by atoms with Crippen molar-refractivity contribution in [3.63, 3.8) is 0 Å². The van der Waals surface area contributed by atoms with Gasteiger partial charge in [-0.25, -0.2) is 0 Å². The predicted molar refractivity (Wildman–Crippen MR) is 72.1 cm³/mol. The van der Waals surface area contributed by atoms with E-state index in [2.05, 4.69) is 23.3 Å². The molecule has 1 atom stereocenters. The second-order valence-electron chi connectivity index (χ2n) is 4.57. The average Bonchev–Trinajstić information content (AvgIpc) is 2.93. The number of ether oxygens (including phenoxy) is 2. The fourth-order valence-electron chi connectivity index (χ4n) is 2.09. The van der Waals surface area contributed by atoms with Gasteiger partial charge in [-0.15, -0.1) is 0 Å². The van der Waals surface area contributed by atoms with Gasteiger partial charge >= 0.3 is 0 Å². The van der Waals surface area contributed by atoms with Crippen LogP contribution in [0.4, 0.5) is 0 Å². The topological polar surface area (TPSA) is 43.4 Å². The molecule has 0 aliphatic carbocycles. The zero-order chi connectivity index (χ0) is 13.1. The van der Waals surface area contributed by atoms with Crippen molar-refractivity contribution in [2.45, 2.75) is 19.5 Å². The molecule has 2 aromatic rings. The molecule has 0 saturated carbocycles. The summed E-state index contributed by atoms with van der Waals surface area (Å²) in [6.45, 7) is 3.25. The molecule has 1 aromatic heterocycles. The van der Waals surface area contributed by atoms with Gasteiger partial charge in [0.2, 0.25) is 6.79 Å². The summed E-state index contributed by atoms with van der Waals surface area (Å²) in [4.78, 5) is 4.03. The zero-order valence-electron chi connectivity index (χ0n) is 10.8. The summed E-state index contributed by atoms with van der Waals surface area (Å²) in [5.74, 6) is 1.65. The summed E-state index contributed by atoms with van der Waals surface area (Å²) in [7, 11) is 0. The third-order valence-corrected chi connectivity index (χ3v) is 3.26. The van der Waals surface area contributed by atoms with E-state index in [0.717, 1.165) is 18.0 Å². The molecular formula is C15H16N2O2. The lowest BCUT2D eigenvalue weighted by molar-refractivity contribution is 0.174. The van der Waals surface area contributed by atoms with Gasteiger partial charge in [0.1, 0.15) is 0 Å². The summed E-state index contributed by atoms with van der Waals surface area (Å²) < 4.78 is 10.7. The number of hydrogen-bond donors (Lipinski definition) is 1. The van der Waals surface area contributed by atoms with E-state index in [1.54, 1.807) is 0 Å². The van der Waals surface area contributed by atoms with E-state index in [1.165, 1.54) is 11.1 Å². The highest BCUT2D eigenvalue weighted by Gasteiger charge is 2.13. The average molecular weight is 256 g/mol. The van der Waals surface area contributed by atoms with Crippen molar-refractivity contribution in [3.05, 3.63) is 53.9 Å². The van der Waals surface area contributed by atoms with Gasteiger partial charge in [0.25, 0.3) is 0 Å². The van der Waals surface area contributed by atoms with Crippen LogP contribution in [-0.4, -0.2) is 11.8 Å². The van der Waals surface area contributed by atoms with E-state index < -0.39 is 0 Å². The second-order valence-corrected chi connectivity index (χ2v) is 4.57. The molecule has 4 nitrogen and oxygen atoms in total. The summed E-state index contributed by atoms with van der Waals surface area (Å²) in [5.41, 5.74) is 2.42. The summed E-state index contributed by atoms with van der Waals surface area (Å²) in [6.07, 6.45) is 3.63. The third kappa shape index (κ3) is 2.69. The first-order valence-corrected chi connectivity index (χ1v) is 6.35. The van der Waals surface area contributed by atoms with Crippen molar-refractivity contribution in [1.82, 2.24) is 10.3 Å². The smallest absolute Gasteiger partial charge is 0.231 e. The van der Waals surface area contributed by atoms with Crippen molar-refractivity contribution < 1.29 is 9.47 Å². The number of fused-ring (bicyclic) bond motifs is 1. The Bertz CT molecular complexity index is 557. The molecule has 0 radical (unpaired) electrons. The van der Waals surface area contributed by atoms with Crippen LogP contribution in [-0.2, 0) is 6.54 Å². The predicted octanol–water partition coefficient (Wildman–Crippen LogP) is 2.66. The monoisotopic (exact) mass is 256 g/mol. The minimum absolute atomic E-state index is 0.286. The van der Waals surface area contributed by atoms with Gasteiger partial charge in [0, 0.05) is 25.0 Å². The van der Waals surface area contributed by atoms with E-state index in [0.29, 0.717) is 6.79 Å². The Morgan fingerprint density at radius 1 is 1.16 bits per heavy atom. The maximum Gasteiger partial charge on any atom is 0.231 e. The van der Waals surface area contributed by atoms with Gasteiger partial charge in [-0.1, -0.05) is 6.07 Å². The highest BCUT2D eigenvalue weighted by molar-refractivity contribution is 5.44. The Labute approximate surface area is 112 Å². The van der Waals surface area contributed by atoms with Crippen LogP contribution in [0.3, 0.4) is 0 Å². The van der Waals surface area contributed by atoms with Gasteiger partial charge in [-0.05, 0) is 42.3 Å². The number of benzene rings is 1. The first-order valence-electron chi connectivity index (χ1n) is 6.35. The van der Waals surface area contributed by atoms with Gasteiger partial charge in [0.05, 0.1) is 0 Å². The standard InChI is InChI=1S/C15H16N2O2/c1-11(13-4-6-16-7-5-13)17-9-12-2-3-14-15(8-12)19-10-18-14/h2-8,11,17H,9-10H2,1H3. The summed E-state index contributed by atoms with van der Waals surface area (Å²) in [5, 5.41) is 3.48. The molecule has 1 aliphatic heterocycles. The van der Waals surface area contributed by atoms with Gasteiger partial charge in [-0.2, -0.15) is 0 Å². The van der Waals surface area contributed by atoms with Crippen molar-refractivity contribution in [2.24, 2.45) is 0 Å². The van der Waals surface area contributed by atoms with Gasteiger partial charge in [-0.3, -0.25) is 4.98 Å². The zero-order valence-corrected chi connectivity index (χ0v) is 10.8.